The Morgan fingerprint density at radius 3 is 2.45 bits per heavy atom. The van der Waals surface area contributed by atoms with Crippen molar-refractivity contribution in [2.24, 2.45) is 5.73 Å². The highest BCUT2D eigenvalue weighted by Gasteiger charge is 2.07. The minimum absolute atomic E-state index is 0.430. The first-order valence-corrected chi connectivity index (χ1v) is 6.49. The molecule has 0 aliphatic heterocycles. The van der Waals surface area contributed by atoms with Gasteiger partial charge in [0.25, 0.3) is 0 Å². The van der Waals surface area contributed by atoms with Crippen molar-refractivity contribution in [3.8, 4) is 0 Å². The van der Waals surface area contributed by atoms with Crippen molar-refractivity contribution in [1.29, 1.82) is 0 Å². The largest absolute Gasteiger partial charge is 0.326 e. The average molecular weight is 276 g/mol. The Morgan fingerprint density at radius 1 is 1.00 bits per heavy atom. The maximum atomic E-state index is 13.6. The predicted octanol–water partition coefficient (Wildman–Crippen LogP) is 3.06. The van der Waals surface area contributed by atoms with E-state index in [4.69, 9.17) is 5.73 Å². The Labute approximate surface area is 117 Å². The van der Waals surface area contributed by atoms with Crippen LogP contribution in [-0.2, 0) is 19.6 Å². The zero-order valence-electron chi connectivity index (χ0n) is 11.4. The van der Waals surface area contributed by atoms with Gasteiger partial charge in [0.1, 0.15) is 11.6 Å². The molecule has 0 aliphatic carbocycles. The van der Waals surface area contributed by atoms with Crippen LogP contribution in [0.2, 0.25) is 0 Å². The lowest BCUT2D eigenvalue weighted by Gasteiger charge is -2.17. The molecule has 20 heavy (non-hydrogen) atoms. The first-order chi connectivity index (χ1) is 9.58. The maximum absolute atomic E-state index is 13.6. The molecular weight excluding hydrogens is 258 g/mol. The molecule has 2 aromatic carbocycles. The summed E-state index contributed by atoms with van der Waals surface area (Å²) >= 11 is 0. The van der Waals surface area contributed by atoms with Gasteiger partial charge in [-0.1, -0.05) is 30.3 Å². The second-order valence-corrected chi connectivity index (χ2v) is 4.93. The molecule has 0 saturated heterocycles. The zero-order valence-corrected chi connectivity index (χ0v) is 11.4. The normalized spacial score (nSPS) is 11.1. The summed E-state index contributed by atoms with van der Waals surface area (Å²) in [5, 5.41) is 0. The first-order valence-electron chi connectivity index (χ1n) is 6.49. The number of hydrogen-bond acceptors (Lipinski definition) is 2. The highest BCUT2D eigenvalue weighted by molar-refractivity contribution is 5.23. The molecule has 2 nitrogen and oxygen atoms in total. The third kappa shape index (κ3) is 3.85. The van der Waals surface area contributed by atoms with Gasteiger partial charge in [-0.2, -0.15) is 0 Å². The van der Waals surface area contributed by atoms with E-state index in [-0.39, 0.29) is 0 Å². The van der Waals surface area contributed by atoms with Crippen molar-refractivity contribution in [3.63, 3.8) is 0 Å². The summed E-state index contributed by atoms with van der Waals surface area (Å²) in [6, 6.07) is 11.7. The quantitative estimate of drug-likeness (QED) is 0.909. The molecule has 2 N–H and O–H groups in total. The van der Waals surface area contributed by atoms with Gasteiger partial charge in [-0.3, -0.25) is 4.90 Å². The predicted molar refractivity (Wildman–Crippen MR) is 75.9 cm³/mol. The summed E-state index contributed by atoms with van der Waals surface area (Å²) in [6.45, 7) is 1.62. The fourth-order valence-corrected chi connectivity index (χ4v) is 2.16. The highest BCUT2D eigenvalue weighted by atomic mass is 19.1. The first kappa shape index (κ1) is 14.6. The number of halogens is 2. The minimum Gasteiger partial charge on any atom is -0.326 e. The van der Waals surface area contributed by atoms with Gasteiger partial charge in [0.15, 0.2) is 0 Å². The van der Waals surface area contributed by atoms with Gasteiger partial charge in [0.2, 0.25) is 0 Å². The van der Waals surface area contributed by atoms with E-state index in [0.717, 1.165) is 17.2 Å². The molecule has 0 amide bonds. The molecule has 4 heteroatoms. The molecule has 0 heterocycles. The molecule has 0 spiro atoms. The molecular formula is C16H18F2N2. The van der Waals surface area contributed by atoms with E-state index < -0.39 is 11.6 Å². The minimum atomic E-state index is -0.551. The van der Waals surface area contributed by atoms with E-state index in [1.54, 1.807) is 0 Å². The van der Waals surface area contributed by atoms with Crippen LogP contribution in [0.1, 0.15) is 16.7 Å². The van der Waals surface area contributed by atoms with Crippen LogP contribution in [0.15, 0.2) is 42.5 Å². The maximum Gasteiger partial charge on any atom is 0.130 e. The fraction of sp³-hybridized carbons (Fsp3) is 0.250. The van der Waals surface area contributed by atoms with Crippen LogP contribution in [0.4, 0.5) is 8.78 Å². The SMILES string of the molecule is CN(Cc1cccc(CN)c1)Cc1ccc(F)cc1F. The van der Waals surface area contributed by atoms with Crippen LogP contribution >= 0.6 is 0 Å². The molecule has 0 atom stereocenters. The third-order valence-electron chi connectivity index (χ3n) is 3.13. The van der Waals surface area contributed by atoms with E-state index in [0.29, 0.717) is 25.2 Å². The number of hydrogen-bond donors (Lipinski definition) is 1. The van der Waals surface area contributed by atoms with E-state index in [9.17, 15) is 8.78 Å². The van der Waals surface area contributed by atoms with Gasteiger partial charge in [-0.15, -0.1) is 0 Å². The number of benzene rings is 2. The Hall–Kier alpha value is -1.78. The van der Waals surface area contributed by atoms with Crippen LogP contribution in [0, 0.1) is 11.6 Å². The third-order valence-corrected chi connectivity index (χ3v) is 3.13. The molecule has 0 unspecified atom stereocenters. The lowest BCUT2D eigenvalue weighted by molar-refractivity contribution is 0.313. The van der Waals surface area contributed by atoms with Crippen molar-refractivity contribution in [2.75, 3.05) is 7.05 Å². The standard InChI is InChI=1S/C16H18F2N2/c1-20(10-13-4-2-3-12(7-13)9-19)11-14-5-6-15(17)8-16(14)18/h2-8H,9-11,19H2,1H3. The molecule has 0 radical (unpaired) electrons. The molecule has 0 saturated carbocycles. The zero-order chi connectivity index (χ0) is 14.5. The van der Waals surface area contributed by atoms with E-state index in [1.165, 1.54) is 12.1 Å². The summed E-state index contributed by atoms with van der Waals surface area (Å²) < 4.78 is 26.4. The van der Waals surface area contributed by atoms with Crippen molar-refractivity contribution < 1.29 is 8.78 Å². The van der Waals surface area contributed by atoms with Gasteiger partial charge < -0.3 is 5.73 Å². The van der Waals surface area contributed by atoms with Crippen molar-refractivity contribution in [1.82, 2.24) is 4.90 Å². The lowest BCUT2D eigenvalue weighted by atomic mass is 10.1. The van der Waals surface area contributed by atoms with Crippen LogP contribution in [0.3, 0.4) is 0 Å². The summed E-state index contributed by atoms with van der Waals surface area (Å²) in [5.41, 5.74) is 8.29. The Morgan fingerprint density at radius 2 is 1.75 bits per heavy atom. The average Bonchev–Trinajstić information content (AvgIpc) is 2.42. The summed E-state index contributed by atoms with van der Waals surface area (Å²) in [6.07, 6.45) is 0. The molecule has 0 fully saturated rings. The second-order valence-electron chi connectivity index (χ2n) is 4.93. The number of nitrogens with zero attached hydrogens (tertiary/aromatic N) is 1. The van der Waals surface area contributed by atoms with Crippen LogP contribution in [0.5, 0.6) is 0 Å². The Kier molecular flexibility index (Phi) is 4.82. The van der Waals surface area contributed by atoms with Gasteiger partial charge in [-0.05, 0) is 24.2 Å². The summed E-state index contributed by atoms with van der Waals surface area (Å²) in [4.78, 5) is 1.98. The smallest absolute Gasteiger partial charge is 0.130 e. The van der Waals surface area contributed by atoms with Crippen LogP contribution < -0.4 is 5.73 Å². The number of rotatable bonds is 5. The van der Waals surface area contributed by atoms with Crippen molar-refractivity contribution in [3.05, 3.63) is 70.8 Å². The monoisotopic (exact) mass is 276 g/mol. The van der Waals surface area contributed by atoms with Gasteiger partial charge in [0, 0.05) is 31.3 Å². The highest BCUT2D eigenvalue weighted by Crippen LogP contribution is 2.14. The van der Waals surface area contributed by atoms with Crippen LogP contribution in [0.25, 0.3) is 0 Å². The Bertz CT molecular complexity index is 584. The molecule has 0 aromatic heterocycles. The van der Waals surface area contributed by atoms with E-state index in [1.807, 2.05) is 36.2 Å². The van der Waals surface area contributed by atoms with Crippen molar-refractivity contribution in [2.45, 2.75) is 19.6 Å². The molecule has 0 bridgehead atoms. The lowest BCUT2D eigenvalue weighted by Crippen LogP contribution is -2.18. The summed E-state index contributed by atoms with van der Waals surface area (Å²) in [5.74, 6) is -1.06. The van der Waals surface area contributed by atoms with Crippen LogP contribution in [-0.4, -0.2) is 11.9 Å². The molecule has 0 aliphatic rings. The molecule has 2 aromatic rings. The fourth-order valence-electron chi connectivity index (χ4n) is 2.16. The second kappa shape index (κ2) is 6.59. The molecule has 2 rings (SSSR count). The van der Waals surface area contributed by atoms with E-state index >= 15 is 0 Å². The molecule has 106 valence electrons. The van der Waals surface area contributed by atoms with Crippen molar-refractivity contribution >= 4 is 0 Å². The van der Waals surface area contributed by atoms with E-state index in [2.05, 4.69) is 0 Å². The van der Waals surface area contributed by atoms with Gasteiger partial charge in [0.05, 0.1) is 0 Å². The Balaban J connectivity index is 2.02. The summed E-state index contributed by atoms with van der Waals surface area (Å²) in [7, 11) is 1.90. The number of nitrogens with two attached hydrogens (primary N) is 1. The topological polar surface area (TPSA) is 29.3 Å². The van der Waals surface area contributed by atoms with Gasteiger partial charge in [-0.25, -0.2) is 8.78 Å². The van der Waals surface area contributed by atoms with Gasteiger partial charge >= 0.3 is 0 Å².